The number of pyridine rings is 1. The predicted octanol–water partition coefficient (Wildman–Crippen LogP) is 2.60. The van der Waals surface area contributed by atoms with Gasteiger partial charge in [-0.25, -0.2) is 18.4 Å². The highest BCUT2D eigenvalue weighted by molar-refractivity contribution is 7.89. The van der Waals surface area contributed by atoms with Gasteiger partial charge in [0.1, 0.15) is 10.7 Å². The third-order valence-corrected chi connectivity index (χ3v) is 8.58. The zero-order chi connectivity index (χ0) is 20.3. The second-order valence-corrected chi connectivity index (χ2v) is 10.5. The number of piperidine rings is 1. The fourth-order valence-corrected chi connectivity index (χ4v) is 6.11. The van der Waals surface area contributed by atoms with Gasteiger partial charge in [-0.15, -0.1) is 11.3 Å². The Morgan fingerprint density at radius 3 is 2.41 bits per heavy atom. The van der Waals surface area contributed by atoms with Crippen LogP contribution in [0.4, 0.5) is 5.82 Å². The Morgan fingerprint density at radius 2 is 1.79 bits per heavy atom. The smallest absolute Gasteiger partial charge is 0.244 e. The number of thiazole rings is 1. The monoisotopic (exact) mass is 435 g/mol. The third kappa shape index (κ3) is 4.79. The summed E-state index contributed by atoms with van der Waals surface area (Å²) in [6, 6.07) is 3.56. The molecule has 2 aromatic heterocycles. The first kappa shape index (κ1) is 20.7. The molecule has 4 heterocycles. The highest BCUT2D eigenvalue weighted by atomic mass is 32.2. The molecule has 2 saturated heterocycles. The molecule has 4 rings (SSSR count). The molecule has 0 aromatic carbocycles. The highest BCUT2D eigenvalue weighted by Crippen LogP contribution is 2.22. The van der Waals surface area contributed by atoms with E-state index in [0.717, 1.165) is 69.9 Å². The molecular formula is C20H29N5O2S2. The summed E-state index contributed by atoms with van der Waals surface area (Å²) in [5.41, 5.74) is 1.16. The maximum Gasteiger partial charge on any atom is 0.244 e. The molecule has 0 bridgehead atoms. The average Bonchev–Trinajstić information content (AvgIpc) is 3.22. The minimum absolute atomic E-state index is 0.303. The quantitative estimate of drug-likeness (QED) is 0.695. The normalized spacial score (nSPS) is 19.6. The van der Waals surface area contributed by atoms with Gasteiger partial charge in [-0.1, -0.05) is 13.3 Å². The van der Waals surface area contributed by atoms with Gasteiger partial charge in [-0.2, -0.15) is 4.31 Å². The Labute approximate surface area is 177 Å². The molecule has 0 atom stereocenters. The van der Waals surface area contributed by atoms with Gasteiger partial charge in [0.2, 0.25) is 10.0 Å². The van der Waals surface area contributed by atoms with Crippen molar-refractivity contribution < 1.29 is 8.42 Å². The van der Waals surface area contributed by atoms with Crippen LogP contribution in [0.2, 0.25) is 0 Å². The molecule has 0 spiro atoms. The van der Waals surface area contributed by atoms with Crippen molar-refractivity contribution in [2.75, 3.05) is 44.2 Å². The van der Waals surface area contributed by atoms with Crippen LogP contribution >= 0.6 is 11.3 Å². The fourth-order valence-electron chi connectivity index (χ4n) is 3.91. The number of hydrogen-bond acceptors (Lipinski definition) is 7. The molecule has 0 N–H and O–H groups in total. The number of piperazine rings is 1. The maximum absolute atomic E-state index is 12.8. The van der Waals surface area contributed by atoms with Crippen molar-refractivity contribution >= 4 is 27.2 Å². The second-order valence-electron chi connectivity index (χ2n) is 7.67. The van der Waals surface area contributed by atoms with Gasteiger partial charge in [-0.05, 0) is 31.4 Å². The molecule has 0 saturated carbocycles. The Bertz CT molecular complexity index is 899. The van der Waals surface area contributed by atoms with Crippen LogP contribution in [0.1, 0.15) is 36.9 Å². The van der Waals surface area contributed by atoms with Gasteiger partial charge >= 0.3 is 0 Å². The standard InChI is InChI=1S/C20H29N5O2S2/c1-2-20-22-17(16-28-20)15-23-10-12-24(13-11-23)19-7-6-18(14-21-19)29(26,27)25-8-4-3-5-9-25/h6-7,14,16H,2-5,8-13,15H2,1H3. The molecule has 2 aromatic rings. The Balaban J connectivity index is 1.34. The first-order valence-electron chi connectivity index (χ1n) is 10.4. The van der Waals surface area contributed by atoms with Gasteiger partial charge in [0.25, 0.3) is 0 Å². The molecule has 9 heteroatoms. The van der Waals surface area contributed by atoms with Crippen molar-refractivity contribution in [3.63, 3.8) is 0 Å². The van der Waals surface area contributed by atoms with Crippen molar-refractivity contribution in [2.24, 2.45) is 0 Å². The Morgan fingerprint density at radius 1 is 1.03 bits per heavy atom. The lowest BCUT2D eigenvalue weighted by molar-refractivity contribution is 0.247. The van der Waals surface area contributed by atoms with Gasteiger partial charge < -0.3 is 4.90 Å². The Kier molecular flexibility index (Phi) is 6.48. The van der Waals surface area contributed by atoms with E-state index in [1.165, 1.54) is 11.2 Å². The summed E-state index contributed by atoms with van der Waals surface area (Å²) in [6.07, 6.45) is 5.50. The number of sulfonamides is 1. The van der Waals surface area contributed by atoms with Crippen LogP contribution in [0.5, 0.6) is 0 Å². The van der Waals surface area contributed by atoms with Crippen LogP contribution in [0, 0.1) is 0 Å². The summed E-state index contributed by atoms with van der Waals surface area (Å²) in [4.78, 5) is 14.1. The van der Waals surface area contributed by atoms with Crippen molar-refractivity contribution in [1.82, 2.24) is 19.2 Å². The van der Waals surface area contributed by atoms with Crippen molar-refractivity contribution in [1.29, 1.82) is 0 Å². The summed E-state index contributed by atoms with van der Waals surface area (Å²) in [7, 11) is -3.42. The van der Waals surface area contributed by atoms with Gasteiger partial charge in [-0.3, -0.25) is 4.90 Å². The molecule has 0 unspecified atom stereocenters. The van der Waals surface area contributed by atoms with Crippen LogP contribution in [-0.2, 0) is 23.0 Å². The lowest BCUT2D eigenvalue weighted by Gasteiger charge is -2.35. The summed E-state index contributed by atoms with van der Waals surface area (Å²) >= 11 is 1.74. The minimum atomic E-state index is -3.42. The molecule has 0 radical (unpaired) electrons. The zero-order valence-corrected chi connectivity index (χ0v) is 18.6. The van der Waals surface area contributed by atoms with Crippen LogP contribution < -0.4 is 4.90 Å². The van der Waals surface area contributed by atoms with E-state index >= 15 is 0 Å². The van der Waals surface area contributed by atoms with E-state index in [9.17, 15) is 8.42 Å². The molecular weight excluding hydrogens is 406 g/mol. The highest BCUT2D eigenvalue weighted by Gasteiger charge is 2.26. The minimum Gasteiger partial charge on any atom is -0.354 e. The first-order chi connectivity index (χ1) is 14.1. The van der Waals surface area contributed by atoms with Crippen molar-refractivity contribution in [3.8, 4) is 0 Å². The van der Waals surface area contributed by atoms with Gasteiger partial charge in [0.15, 0.2) is 0 Å². The lowest BCUT2D eigenvalue weighted by atomic mass is 10.2. The second kappa shape index (κ2) is 9.07. The molecule has 7 nitrogen and oxygen atoms in total. The predicted molar refractivity (Wildman–Crippen MR) is 116 cm³/mol. The topological polar surface area (TPSA) is 69.6 Å². The summed E-state index contributed by atoms with van der Waals surface area (Å²) in [6.45, 7) is 7.94. The van der Waals surface area contributed by atoms with Crippen molar-refractivity contribution in [2.45, 2.75) is 44.0 Å². The van der Waals surface area contributed by atoms with E-state index in [1.807, 2.05) is 6.07 Å². The van der Waals surface area contributed by atoms with Gasteiger partial charge in [0, 0.05) is 57.4 Å². The fraction of sp³-hybridized carbons (Fsp3) is 0.600. The molecule has 0 aliphatic carbocycles. The van der Waals surface area contributed by atoms with Crippen LogP contribution in [0.15, 0.2) is 28.6 Å². The summed E-state index contributed by atoms with van der Waals surface area (Å²) < 4.78 is 27.1. The van der Waals surface area contributed by atoms with Crippen LogP contribution in [0.25, 0.3) is 0 Å². The largest absolute Gasteiger partial charge is 0.354 e. The molecule has 2 aliphatic heterocycles. The Hall–Kier alpha value is -1.55. The number of aryl methyl sites for hydroxylation is 1. The van der Waals surface area contributed by atoms with Gasteiger partial charge in [0.05, 0.1) is 10.7 Å². The van der Waals surface area contributed by atoms with Crippen LogP contribution in [-0.4, -0.2) is 66.9 Å². The average molecular weight is 436 g/mol. The van der Waals surface area contributed by atoms with Crippen LogP contribution in [0.3, 0.4) is 0 Å². The van der Waals surface area contributed by atoms with E-state index in [1.54, 1.807) is 21.7 Å². The number of aromatic nitrogens is 2. The zero-order valence-electron chi connectivity index (χ0n) is 17.0. The van der Waals surface area contributed by atoms with E-state index in [2.05, 4.69) is 32.1 Å². The number of nitrogens with zero attached hydrogens (tertiary/aromatic N) is 5. The molecule has 2 aliphatic rings. The third-order valence-electron chi connectivity index (χ3n) is 5.66. The first-order valence-corrected chi connectivity index (χ1v) is 12.7. The lowest BCUT2D eigenvalue weighted by Crippen LogP contribution is -2.46. The molecule has 158 valence electrons. The molecule has 29 heavy (non-hydrogen) atoms. The van der Waals surface area contributed by atoms with Crippen molar-refractivity contribution in [3.05, 3.63) is 34.4 Å². The summed E-state index contributed by atoms with van der Waals surface area (Å²) in [5, 5.41) is 3.36. The molecule has 0 amide bonds. The van der Waals surface area contributed by atoms with E-state index < -0.39 is 10.0 Å². The maximum atomic E-state index is 12.8. The SMILES string of the molecule is CCc1nc(CN2CCN(c3ccc(S(=O)(=O)N4CCCCC4)cn3)CC2)cs1. The number of hydrogen-bond donors (Lipinski definition) is 0. The summed E-state index contributed by atoms with van der Waals surface area (Å²) in [5.74, 6) is 0.851. The van der Waals surface area contributed by atoms with E-state index in [0.29, 0.717) is 18.0 Å². The molecule has 2 fully saturated rings. The number of rotatable bonds is 6. The number of anilines is 1. The van der Waals surface area contributed by atoms with E-state index in [-0.39, 0.29) is 0 Å². The van der Waals surface area contributed by atoms with E-state index in [4.69, 9.17) is 0 Å².